The van der Waals surface area contributed by atoms with Crippen molar-refractivity contribution >= 4 is 10.1 Å². The highest BCUT2D eigenvalue weighted by atomic mass is 32.2. The van der Waals surface area contributed by atoms with Crippen LogP contribution in [0.2, 0.25) is 0 Å². The van der Waals surface area contributed by atoms with E-state index in [0.717, 1.165) is 11.8 Å². The van der Waals surface area contributed by atoms with Gasteiger partial charge in [-0.15, -0.1) is 0 Å². The summed E-state index contributed by atoms with van der Waals surface area (Å²) in [7, 11) is -0.635. The molecular weight excluding hydrogens is 244 g/mol. The normalized spacial score (nSPS) is 11.1. The van der Waals surface area contributed by atoms with Gasteiger partial charge in [-0.1, -0.05) is 0 Å². The lowest BCUT2D eigenvalue weighted by atomic mass is 10.1. The van der Waals surface area contributed by atoms with Gasteiger partial charge in [-0.2, -0.15) is 8.42 Å². The van der Waals surface area contributed by atoms with E-state index in [1.54, 1.807) is 19.9 Å². The second-order valence-corrected chi connectivity index (χ2v) is 5.25. The Morgan fingerprint density at radius 3 is 2.06 bits per heavy atom. The number of methoxy groups -OCH3 is 2. The van der Waals surface area contributed by atoms with Crippen molar-refractivity contribution in [3.05, 3.63) is 17.2 Å². The van der Waals surface area contributed by atoms with Gasteiger partial charge in [0, 0.05) is 5.56 Å². The first-order valence-electron chi connectivity index (χ1n) is 4.91. The Morgan fingerprint density at radius 1 is 1.06 bits per heavy atom. The van der Waals surface area contributed by atoms with Crippen LogP contribution in [0.25, 0.3) is 0 Å². The summed E-state index contributed by atoms with van der Waals surface area (Å²) in [6.07, 6.45) is 0.987. The van der Waals surface area contributed by atoms with Gasteiger partial charge < -0.3 is 13.7 Å². The molecule has 0 spiro atoms. The molecule has 0 N–H and O–H groups in total. The van der Waals surface area contributed by atoms with Crippen molar-refractivity contribution in [2.24, 2.45) is 0 Å². The maximum absolute atomic E-state index is 11.2. The van der Waals surface area contributed by atoms with E-state index in [2.05, 4.69) is 0 Å². The third kappa shape index (κ3) is 3.03. The zero-order valence-corrected chi connectivity index (χ0v) is 11.3. The third-order valence-corrected chi connectivity index (χ3v) is 2.75. The van der Waals surface area contributed by atoms with Gasteiger partial charge in [-0.3, -0.25) is 0 Å². The first-order valence-corrected chi connectivity index (χ1v) is 6.73. The van der Waals surface area contributed by atoms with E-state index in [0.29, 0.717) is 17.1 Å². The minimum absolute atomic E-state index is 0.173. The number of benzene rings is 1. The largest absolute Gasteiger partial charge is 0.496 e. The Kier molecular flexibility index (Phi) is 3.87. The van der Waals surface area contributed by atoms with Crippen LogP contribution in [0.15, 0.2) is 6.07 Å². The van der Waals surface area contributed by atoms with E-state index >= 15 is 0 Å². The van der Waals surface area contributed by atoms with Crippen LogP contribution in [0.5, 0.6) is 17.2 Å². The Labute approximate surface area is 101 Å². The van der Waals surface area contributed by atoms with Crippen LogP contribution < -0.4 is 13.7 Å². The lowest BCUT2D eigenvalue weighted by Gasteiger charge is -2.16. The van der Waals surface area contributed by atoms with Crippen LogP contribution in [-0.2, 0) is 10.1 Å². The van der Waals surface area contributed by atoms with Crippen molar-refractivity contribution in [2.75, 3.05) is 20.5 Å². The lowest BCUT2D eigenvalue weighted by molar-refractivity contribution is 0.377. The fourth-order valence-electron chi connectivity index (χ4n) is 1.55. The molecule has 96 valence electrons. The molecule has 0 bridgehead atoms. The van der Waals surface area contributed by atoms with E-state index in [1.165, 1.54) is 14.2 Å². The predicted octanol–water partition coefficient (Wildman–Crippen LogP) is 1.66. The maximum Gasteiger partial charge on any atom is 0.306 e. The number of ether oxygens (including phenoxy) is 2. The predicted molar refractivity (Wildman–Crippen MR) is 64.5 cm³/mol. The zero-order valence-electron chi connectivity index (χ0n) is 10.5. The van der Waals surface area contributed by atoms with E-state index < -0.39 is 10.1 Å². The molecule has 0 amide bonds. The van der Waals surface area contributed by atoms with Gasteiger partial charge in [0.15, 0.2) is 11.5 Å². The van der Waals surface area contributed by atoms with E-state index in [1.807, 2.05) is 0 Å². The van der Waals surface area contributed by atoms with Crippen LogP contribution in [-0.4, -0.2) is 28.9 Å². The molecule has 0 aliphatic carbocycles. The van der Waals surface area contributed by atoms with Crippen molar-refractivity contribution in [3.63, 3.8) is 0 Å². The smallest absolute Gasteiger partial charge is 0.306 e. The molecular formula is C11H16O5S. The molecule has 1 aromatic carbocycles. The number of hydrogen-bond acceptors (Lipinski definition) is 5. The molecule has 0 heterocycles. The second-order valence-electron chi connectivity index (χ2n) is 3.67. The second kappa shape index (κ2) is 4.83. The highest BCUT2D eigenvalue weighted by molar-refractivity contribution is 7.86. The van der Waals surface area contributed by atoms with Crippen LogP contribution >= 0.6 is 0 Å². The molecule has 0 saturated carbocycles. The minimum Gasteiger partial charge on any atom is -0.496 e. The molecule has 0 aliphatic rings. The monoisotopic (exact) mass is 260 g/mol. The van der Waals surface area contributed by atoms with Gasteiger partial charge in [0.2, 0.25) is 0 Å². The van der Waals surface area contributed by atoms with Gasteiger partial charge in [-0.05, 0) is 25.5 Å². The van der Waals surface area contributed by atoms with Gasteiger partial charge >= 0.3 is 10.1 Å². The van der Waals surface area contributed by atoms with Gasteiger partial charge in [0.1, 0.15) is 5.75 Å². The highest BCUT2D eigenvalue weighted by Crippen LogP contribution is 2.40. The quantitative estimate of drug-likeness (QED) is 0.770. The summed E-state index contributed by atoms with van der Waals surface area (Å²) in [5.41, 5.74) is 1.33. The van der Waals surface area contributed by atoms with Crippen molar-refractivity contribution in [1.29, 1.82) is 0 Å². The van der Waals surface area contributed by atoms with Crippen molar-refractivity contribution in [1.82, 2.24) is 0 Å². The van der Waals surface area contributed by atoms with E-state index in [9.17, 15) is 8.42 Å². The number of aryl methyl sites for hydroxylation is 1. The minimum atomic E-state index is -3.61. The van der Waals surface area contributed by atoms with Gasteiger partial charge in [0.05, 0.1) is 20.5 Å². The average Bonchev–Trinajstić information content (AvgIpc) is 2.21. The molecule has 0 fully saturated rings. The number of hydrogen-bond donors (Lipinski definition) is 0. The molecule has 0 unspecified atom stereocenters. The lowest BCUT2D eigenvalue weighted by Crippen LogP contribution is -2.09. The summed E-state index contributed by atoms with van der Waals surface area (Å²) in [6.45, 7) is 3.50. The Balaban J connectivity index is 3.48. The van der Waals surface area contributed by atoms with Crippen molar-refractivity contribution < 1.29 is 22.1 Å². The maximum atomic E-state index is 11.2. The molecule has 0 aromatic heterocycles. The SMILES string of the molecule is COc1cc(C)c(OC)c(OS(C)(=O)=O)c1C. The van der Waals surface area contributed by atoms with Gasteiger partial charge in [0.25, 0.3) is 0 Å². The fourth-order valence-corrected chi connectivity index (χ4v) is 2.05. The average molecular weight is 260 g/mol. The Bertz CT molecular complexity index is 519. The Hall–Kier alpha value is -1.43. The first kappa shape index (κ1) is 13.6. The number of rotatable bonds is 4. The van der Waals surface area contributed by atoms with E-state index in [-0.39, 0.29) is 5.75 Å². The fraction of sp³-hybridized carbons (Fsp3) is 0.455. The summed E-state index contributed by atoms with van der Waals surface area (Å²) in [6, 6.07) is 1.77. The highest BCUT2D eigenvalue weighted by Gasteiger charge is 2.19. The third-order valence-electron chi connectivity index (χ3n) is 2.28. The zero-order chi connectivity index (χ0) is 13.2. The topological polar surface area (TPSA) is 61.8 Å². The van der Waals surface area contributed by atoms with Crippen molar-refractivity contribution in [2.45, 2.75) is 13.8 Å². The van der Waals surface area contributed by atoms with Gasteiger partial charge in [-0.25, -0.2) is 0 Å². The molecule has 1 rings (SSSR count). The molecule has 6 heteroatoms. The molecule has 0 saturated heterocycles. The molecule has 1 aromatic rings. The Morgan fingerprint density at radius 2 is 1.65 bits per heavy atom. The van der Waals surface area contributed by atoms with Crippen molar-refractivity contribution in [3.8, 4) is 17.2 Å². The molecule has 17 heavy (non-hydrogen) atoms. The molecule has 0 aliphatic heterocycles. The van der Waals surface area contributed by atoms with Crippen LogP contribution in [0.4, 0.5) is 0 Å². The van der Waals surface area contributed by atoms with E-state index in [4.69, 9.17) is 13.7 Å². The molecule has 0 radical (unpaired) electrons. The summed E-state index contributed by atoms with van der Waals surface area (Å²) in [5, 5.41) is 0. The van der Waals surface area contributed by atoms with Crippen LogP contribution in [0, 0.1) is 13.8 Å². The summed E-state index contributed by atoms with van der Waals surface area (Å²) in [4.78, 5) is 0. The molecule has 5 nitrogen and oxygen atoms in total. The first-order chi connectivity index (χ1) is 7.80. The summed E-state index contributed by atoms with van der Waals surface area (Å²) < 4.78 is 37.7. The molecule has 0 atom stereocenters. The standard InChI is InChI=1S/C11H16O5S/c1-7-6-9(14-3)8(2)11(10(7)15-4)16-17(5,12)13/h6H,1-5H3. The summed E-state index contributed by atoms with van der Waals surface area (Å²) in [5.74, 6) is 1.13. The van der Waals surface area contributed by atoms with Crippen LogP contribution in [0.1, 0.15) is 11.1 Å². The van der Waals surface area contributed by atoms with Crippen LogP contribution in [0.3, 0.4) is 0 Å². The summed E-state index contributed by atoms with van der Waals surface area (Å²) >= 11 is 0.